The van der Waals surface area contributed by atoms with E-state index in [0.717, 1.165) is 5.56 Å². The average molecular weight is 320 g/mol. The van der Waals surface area contributed by atoms with Gasteiger partial charge in [0.2, 0.25) is 0 Å². The highest BCUT2D eigenvalue weighted by molar-refractivity contribution is 7.98. The monoisotopic (exact) mass is 318 g/mol. The first-order valence-electron chi connectivity index (χ1n) is 5.11. The van der Waals surface area contributed by atoms with Crippen molar-refractivity contribution in [3.05, 3.63) is 50.7 Å². The Kier molecular flexibility index (Phi) is 4.73. The summed E-state index contributed by atoms with van der Waals surface area (Å²) in [6, 6.07) is 7.55. The van der Waals surface area contributed by atoms with Gasteiger partial charge in [0.05, 0.1) is 0 Å². The lowest BCUT2D eigenvalue weighted by molar-refractivity contribution is 0.937. The van der Waals surface area contributed by atoms with E-state index in [2.05, 4.69) is 9.97 Å². The van der Waals surface area contributed by atoms with Gasteiger partial charge in [0.15, 0.2) is 5.16 Å². The van der Waals surface area contributed by atoms with Crippen molar-refractivity contribution in [3.8, 4) is 0 Å². The zero-order valence-electron chi connectivity index (χ0n) is 9.45. The third-order valence-corrected chi connectivity index (χ3v) is 3.94. The van der Waals surface area contributed by atoms with E-state index < -0.39 is 0 Å². The molecule has 0 N–H and O–H groups in total. The third kappa shape index (κ3) is 3.09. The summed E-state index contributed by atoms with van der Waals surface area (Å²) in [6.07, 6.45) is 2.39. The topological polar surface area (TPSA) is 25.8 Å². The normalized spacial score (nSPS) is 10.7. The molecular formula is C12H9Cl3N2S. The molecule has 1 aromatic carbocycles. The van der Waals surface area contributed by atoms with Gasteiger partial charge in [-0.2, -0.15) is 0 Å². The molecule has 0 amide bonds. The summed E-state index contributed by atoms with van der Waals surface area (Å²) in [7, 11) is 0. The number of aromatic nitrogens is 2. The van der Waals surface area contributed by atoms with Gasteiger partial charge in [-0.05, 0) is 17.9 Å². The molecule has 6 heteroatoms. The van der Waals surface area contributed by atoms with E-state index >= 15 is 0 Å². The Hall–Kier alpha value is -0.480. The van der Waals surface area contributed by atoms with E-state index in [1.165, 1.54) is 11.8 Å². The first-order valence-corrected chi connectivity index (χ1v) is 7.47. The second kappa shape index (κ2) is 6.11. The van der Waals surface area contributed by atoms with Crippen LogP contribution in [0, 0.1) is 0 Å². The molecule has 0 spiro atoms. The molecule has 0 saturated heterocycles. The van der Waals surface area contributed by atoms with Gasteiger partial charge in [-0.25, -0.2) is 9.97 Å². The first-order chi connectivity index (χ1) is 8.61. The molecule has 2 aromatic rings. The molecule has 0 aliphatic carbocycles. The fourth-order valence-corrected chi connectivity index (χ4v) is 2.67. The summed E-state index contributed by atoms with van der Waals surface area (Å²) in [4.78, 5) is 8.34. The summed E-state index contributed by atoms with van der Waals surface area (Å²) in [6.45, 7) is 0. The number of hydrogen-bond acceptors (Lipinski definition) is 3. The number of hydrogen-bond donors (Lipinski definition) is 0. The summed E-state index contributed by atoms with van der Waals surface area (Å²) in [5.74, 6) is 0. The van der Waals surface area contributed by atoms with Crippen LogP contribution in [0.25, 0.3) is 0 Å². The van der Waals surface area contributed by atoms with Crippen molar-refractivity contribution in [1.82, 2.24) is 9.97 Å². The second-order valence-electron chi connectivity index (χ2n) is 3.54. The predicted molar refractivity (Wildman–Crippen MR) is 78.1 cm³/mol. The van der Waals surface area contributed by atoms with Gasteiger partial charge >= 0.3 is 0 Å². The maximum atomic E-state index is 6.12. The molecular weight excluding hydrogens is 311 g/mol. The van der Waals surface area contributed by atoms with Gasteiger partial charge in [-0.15, -0.1) is 0 Å². The Balaban J connectivity index is 2.38. The minimum absolute atomic E-state index is 0.374. The number of benzene rings is 1. The van der Waals surface area contributed by atoms with Crippen LogP contribution in [0.3, 0.4) is 0 Å². The molecule has 0 bridgehead atoms. The maximum Gasteiger partial charge on any atom is 0.190 e. The summed E-state index contributed by atoms with van der Waals surface area (Å²) >= 11 is 19.8. The van der Waals surface area contributed by atoms with Crippen LogP contribution in [0.2, 0.25) is 15.3 Å². The molecule has 0 saturated carbocycles. The predicted octanol–water partition coefficient (Wildman–Crippen LogP) is 4.75. The van der Waals surface area contributed by atoms with Gasteiger partial charge < -0.3 is 0 Å². The number of halogens is 3. The van der Waals surface area contributed by atoms with Crippen molar-refractivity contribution in [2.75, 3.05) is 6.26 Å². The largest absolute Gasteiger partial charge is 0.210 e. The summed E-state index contributed by atoms with van der Waals surface area (Å²) in [5.41, 5.74) is 1.65. The fourth-order valence-electron chi connectivity index (χ4n) is 1.48. The van der Waals surface area contributed by atoms with Crippen LogP contribution < -0.4 is 0 Å². The van der Waals surface area contributed by atoms with Crippen molar-refractivity contribution in [1.29, 1.82) is 0 Å². The average Bonchev–Trinajstić information content (AvgIpc) is 2.35. The molecule has 1 heterocycles. The lowest BCUT2D eigenvalue weighted by Crippen LogP contribution is -1.98. The van der Waals surface area contributed by atoms with Gasteiger partial charge in [-0.3, -0.25) is 0 Å². The van der Waals surface area contributed by atoms with Crippen LogP contribution in [0.5, 0.6) is 0 Å². The molecule has 0 radical (unpaired) electrons. The Bertz CT molecular complexity index is 552. The van der Waals surface area contributed by atoms with E-state index in [0.29, 0.717) is 32.5 Å². The number of rotatable bonds is 3. The van der Waals surface area contributed by atoms with E-state index in [-0.39, 0.29) is 0 Å². The standard InChI is InChI=1S/C12H9Cl3N2S/c1-18-12-16-10(14)8(11(15)17-12)6-7-4-2-3-5-9(7)13/h2-5H,6H2,1H3. The van der Waals surface area contributed by atoms with Crippen molar-refractivity contribution >= 4 is 46.6 Å². The molecule has 1 aromatic heterocycles. The number of nitrogens with zero attached hydrogens (tertiary/aromatic N) is 2. The van der Waals surface area contributed by atoms with Crippen LogP contribution in [-0.2, 0) is 6.42 Å². The van der Waals surface area contributed by atoms with Crippen LogP contribution in [0.15, 0.2) is 29.4 Å². The lowest BCUT2D eigenvalue weighted by atomic mass is 10.1. The van der Waals surface area contributed by atoms with Crippen LogP contribution in [-0.4, -0.2) is 16.2 Å². The van der Waals surface area contributed by atoms with Gasteiger partial charge in [-0.1, -0.05) is 64.8 Å². The SMILES string of the molecule is CSc1nc(Cl)c(Cc2ccccc2Cl)c(Cl)n1. The first kappa shape index (κ1) is 13.9. The minimum Gasteiger partial charge on any atom is -0.210 e. The van der Waals surface area contributed by atoms with Crippen molar-refractivity contribution in [2.24, 2.45) is 0 Å². The second-order valence-corrected chi connectivity index (χ2v) is 5.44. The molecule has 0 aliphatic rings. The highest BCUT2D eigenvalue weighted by Crippen LogP contribution is 2.28. The smallest absolute Gasteiger partial charge is 0.190 e. The van der Waals surface area contributed by atoms with E-state index in [1.54, 1.807) is 0 Å². The van der Waals surface area contributed by atoms with E-state index in [4.69, 9.17) is 34.8 Å². The van der Waals surface area contributed by atoms with Crippen LogP contribution in [0.1, 0.15) is 11.1 Å². The minimum atomic E-state index is 0.374. The molecule has 18 heavy (non-hydrogen) atoms. The molecule has 0 aliphatic heterocycles. The molecule has 2 nitrogen and oxygen atoms in total. The summed E-state index contributed by atoms with van der Waals surface area (Å²) in [5, 5.41) is 1.99. The highest BCUT2D eigenvalue weighted by atomic mass is 35.5. The maximum absolute atomic E-state index is 6.12. The third-order valence-electron chi connectivity index (χ3n) is 2.39. The van der Waals surface area contributed by atoms with Crippen molar-refractivity contribution in [3.63, 3.8) is 0 Å². The highest BCUT2D eigenvalue weighted by Gasteiger charge is 2.13. The van der Waals surface area contributed by atoms with Crippen molar-refractivity contribution in [2.45, 2.75) is 11.6 Å². The van der Waals surface area contributed by atoms with E-state index in [9.17, 15) is 0 Å². The Morgan fingerprint density at radius 1 is 1.06 bits per heavy atom. The van der Waals surface area contributed by atoms with Crippen LogP contribution in [0.4, 0.5) is 0 Å². The Morgan fingerprint density at radius 2 is 1.67 bits per heavy atom. The lowest BCUT2D eigenvalue weighted by Gasteiger charge is -2.08. The quantitative estimate of drug-likeness (QED) is 0.464. The summed E-state index contributed by atoms with van der Waals surface area (Å²) < 4.78 is 0. The Labute approximate surface area is 125 Å². The fraction of sp³-hybridized carbons (Fsp3) is 0.167. The molecule has 0 atom stereocenters. The van der Waals surface area contributed by atoms with Gasteiger partial charge in [0.1, 0.15) is 10.3 Å². The molecule has 94 valence electrons. The van der Waals surface area contributed by atoms with Gasteiger partial charge in [0, 0.05) is 17.0 Å². The van der Waals surface area contributed by atoms with Crippen molar-refractivity contribution < 1.29 is 0 Å². The van der Waals surface area contributed by atoms with Gasteiger partial charge in [0.25, 0.3) is 0 Å². The zero-order valence-corrected chi connectivity index (χ0v) is 12.5. The zero-order chi connectivity index (χ0) is 13.1. The Morgan fingerprint density at radius 3 is 2.22 bits per heavy atom. The molecule has 0 unspecified atom stereocenters. The van der Waals surface area contributed by atoms with E-state index in [1.807, 2.05) is 30.5 Å². The molecule has 2 rings (SSSR count). The van der Waals surface area contributed by atoms with Crippen LogP contribution >= 0.6 is 46.6 Å². The number of thioether (sulfide) groups is 1. The molecule has 0 fully saturated rings.